The summed E-state index contributed by atoms with van der Waals surface area (Å²) in [7, 11) is 0. The Morgan fingerprint density at radius 3 is 3.04 bits per heavy atom. The number of imidazole rings is 2. The molecule has 27 heavy (non-hydrogen) atoms. The van der Waals surface area contributed by atoms with Crippen LogP contribution in [-0.2, 0) is 0 Å². The Hall–Kier alpha value is -3.98. The maximum Gasteiger partial charge on any atom is 0.254 e. The van der Waals surface area contributed by atoms with E-state index in [4.69, 9.17) is 0 Å². The van der Waals surface area contributed by atoms with Gasteiger partial charge in [-0.05, 0) is 6.07 Å². The third-order valence-corrected chi connectivity index (χ3v) is 4.63. The molecule has 9 heteroatoms. The molecule has 0 amide bonds. The van der Waals surface area contributed by atoms with Crippen molar-refractivity contribution < 1.29 is 4.90 Å². The largest absolute Gasteiger partial charge is 0.335 e. The fraction of sp³-hybridized carbons (Fsp3) is 0. The van der Waals surface area contributed by atoms with Crippen LogP contribution in [0.3, 0.4) is 0 Å². The van der Waals surface area contributed by atoms with Gasteiger partial charge in [0, 0.05) is 42.7 Å². The molecule has 0 saturated heterocycles. The molecule has 4 aromatic rings. The van der Waals surface area contributed by atoms with Gasteiger partial charge in [0.2, 0.25) is 5.78 Å². The highest BCUT2D eigenvalue weighted by molar-refractivity contribution is 5.67. The summed E-state index contributed by atoms with van der Waals surface area (Å²) in [6.07, 6.45) is 21.1. The molecular weight excluding hydrogens is 342 g/mol. The molecule has 130 valence electrons. The van der Waals surface area contributed by atoms with Crippen molar-refractivity contribution in [1.29, 1.82) is 0 Å². The average Bonchev–Trinajstić information content (AvgIpc) is 3.42. The Kier molecular flexibility index (Phi) is 2.77. The van der Waals surface area contributed by atoms with Crippen LogP contribution in [0.1, 0.15) is 5.56 Å². The third kappa shape index (κ3) is 2.22. The highest BCUT2D eigenvalue weighted by Crippen LogP contribution is 2.23. The minimum absolute atomic E-state index is 0.686. The van der Waals surface area contributed by atoms with Crippen LogP contribution in [-0.4, -0.2) is 33.6 Å². The Balaban J connectivity index is 1.32. The first kappa shape index (κ1) is 14.2. The molecule has 0 aromatic carbocycles. The van der Waals surface area contributed by atoms with Crippen molar-refractivity contribution in [3.63, 3.8) is 0 Å². The lowest BCUT2D eigenvalue weighted by molar-refractivity contribution is -0.719. The molecular formula is C18H14N9+. The van der Waals surface area contributed by atoms with E-state index >= 15 is 0 Å². The number of aromatic nitrogens is 6. The van der Waals surface area contributed by atoms with Crippen molar-refractivity contribution in [2.75, 3.05) is 0 Å². The van der Waals surface area contributed by atoms with Gasteiger partial charge in [-0.3, -0.25) is 13.7 Å². The van der Waals surface area contributed by atoms with Crippen molar-refractivity contribution in [2.24, 2.45) is 0 Å². The van der Waals surface area contributed by atoms with E-state index in [1.807, 2.05) is 57.0 Å². The van der Waals surface area contributed by atoms with Crippen molar-refractivity contribution in [3.05, 3.63) is 85.8 Å². The van der Waals surface area contributed by atoms with Gasteiger partial charge in [-0.25, -0.2) is 19.9 Å². The normalized spacial score (nSPS) is 18.5. The molecule has 0 radical (unpaired) electrons. The second-order valence-corrected chi connectivity index (χ2v) is 6.32. The molecule has 9 nitrogen and oxygen atoms in total. The third-order valence-electron chi connectivity index (χ3n) is 4.63. The summed E-state index contributed by atoms with van der Waals surface area (Å²) in [6.45, 7) is 0. The lowest BCUT2D eigenvalue weighted by Gasteiger charge is -2.18. The Bertz CT molecular complexity index is 1240. The molecule has 1 atom stereocenters. The Morgan fingerprint density at radius 1 is 1.07 bits per heavy atom. The van der Waals surface area contributed by atoms with Crippen LogP contribution in [0.15, 0.2) is 80.2 Å². The number of rotatable bonds is 2. The second-order valence-electron chi connectivity index (χ2n) is 6.32. The summed E-state index contributed by atoms with van der Waals surface area (Å²) in [5.41, 5.74) is 2.85. The number of nitrogens with zero attached hydrogens (tertiary/aromatic N) is 7. The highest BCUT2D eigenvalue weighted by atomic mass is 15.3. The van der Waals surface area contributed by atoms with E-state index in [-0.39, 0.29) is 0 Å². The summed E-state index contributed by atoms with van der Waals surface area (Å²) in [5.74, 6) is 2.57. The van der Waals surface area contributed by atoms with Gasteiger partial charge in [-0.1, -0.05) is 0 Å². The average molecular weight is 356 g/mol. The maximum absolute atomic E-state index is 4.66. The smallest absolute Gasteiger partial charge is 0.254 e. The quantitative estimate of drug-likeness (QED) is 0.544. The van der Waals surface area contributed by atoms with Crippen LogP contribution in [0.25, 0.3) is 17.1 Å². The van der Waals surface area contributed by atoms with Crippen LogP contribution >= 0.6 is 0 Å². The van der Waals surface area contributed by atoms with Gasteiger partial charge in [0.15, 0.2) is 5.82 Å². The predicted molar refractivity (Wildman–Crippen MR) is 96.8 cm³/mol. The molecule has 0 aliphatic carbocycles. The highest BCUT2D eigenvalue weighted by Gasteiger charge is 2.26. The topological polar surface area (TPSA) is 80.1 Å². The number of quaternary nitrogens is 1. The van der Waals surface area contributed by atoms with Gasteiger partial charge in [0.05, 0.1) is 18.1 Å². The molecule has 2 aliphatic heterocycles. The van der Waals surface area contributed by atoms with Gasteiger partial charge in [0.1, 0.15) is 24.4 Å². The first-order valence-electron chi connectivity index (χ1n) is 8.46. The standard InChI is InChI=1S/C18H13N9/c1-2-19-12-27-11-17(23-15(1)27)25-6-5-24-9-14(22-16(24)10-25)13-7-21-18-20-3-4-26(18)8-13/h1-12,22H/p+1. The molecule has 2 N–H and O–H groups in total. The van der Waals surface area contributed by atoms with E-state index in [9.17, 15) is 0 Å². The zero-order valence-corrected chi connectivity index (χ0v) is 14.1. The summed E-state index contributed by atoms with van der Waals surface area (Å²) in [4.78, 5) is 20.4. The summed E-state index contributed by atoms with van der Waals surface area (Å²) in [5, 5.41) is 3.45. The molecule has 1 unspecified atom stereocenters. The van der Waals surface area contributed by atoms with Gasteiger partial charge >= 0.3 is 0 Å². The van der Waals surface area contributed by atoms with E-state index in [1.54, 1.807) is 18.7 Å². The van der Waals surface area contributed by atoms with Gasteiger partial charge < -0.3 is 5.32 Å². The number of fused-ring (bicyclic) bond motifs is 3. The van der Waals surface area contributed by atoms with Crippen LogP contribution in [0.5, 0.6) is 0 Å². The molecule has 0 spiro atoms. The molecule has 6 rings (SSSR count). The number of nitrogens with one attached hydrogen (secondary N) is 2. The second kappa shape index (κ2) is 5.26. The first-order chi connectivity index (χ1) is 13.3. The van der Waals surface area contributed by atoms with Crippen molar-refractivity contribution in [1.82, 2.24) is 39.0 Å². The van der Waals surface area contributed by atoms with Crippen LogP contribution in [0.2, 0.25) is 0 Å². The van der Waals surface area contributed by atoms with E-state index in [1.165, 1.54) is 0 Å². The van der Waals surface area contributed by atoms with Crippen molar-refractivity contribution in [3.8, 4) is 0 Å². The molecule has 4 aromatic heterocycles. The van der Waals surface area contributed by atoms with E-state index in [0.29, 0.717) is 5.78 Å². The Morgan fingerprint density at radius 2 is 2.07 bits per heavy atom. The van der Waals surface area contributed by atoms with Gasteiger partial charge in [-0.15, -0.1) is 0 Å². The lowest BCUT2D eigenvalue weighted by atomic mass is 10.3. The van der Waals surface area contributed by atoms with Crippen LogP contribution < -0.4 is 10.2 Å². The first-order valence-corrected chi connectivity index (χ1v) is 8.46. The van der Waals surface area contributed by atoms with Gasteiger partial charge in [0.25, 0.3) is 5.82 Å². The summed E-state index contributed by atoms with van der Waals surface area (Å²) < 4.78 is 3.82. The molecule has 0 fully saturated rings. The van der Waals surface area contributed by atoms with Crippen LogP contribution in [0.4, 0.5) is 5.82 Å². The minimum atomic E-state index is 0.686. The molecule has 0 bridgehead atoms. The van der Waals surface area contributed by atoms with Crippen LogP contribution in [0, 0.1) is 0 Å². The van der Waals surface area contributed by atoms with Crippen molar-refractivity contribution in [2.45, 2.75) is 0 Å². The van der Waals surface area contributed by atoms with Crippen molar-refractivity contribution >= 4 is 22.9 Å². The van der Waals surface area contributed by atoms with E-state index < -0.39 is 0 Å². The van der Waals surface area contributed by atoms with E-state index in [0.717, 1.165) is 33.4 Å². The maximum atomic E-state index is 4.66. The van der Waals surface area contributed by atoms with E-state index in [2.05, 4.69) is 37.7 Å². The summed E-state index contributed by atoms with van der Waals surface area (Å²) in [6, 6.07) is 1.89. The zero-order chi connectivity index (χ0) is 17.8. The fourth-order valence-electron chi connectivity index (χ4n) is 3.28. The van der Waals surface area contributed by atoms with Gasteiger partial charge in [-0.2, -0.15) is 4.98 Å². The number of hydrogen-bond acceptors (Lipinski definition) is 6. The summed E-state index contributed by atoms with van der Waals surface area (Å²) >= 11 is 0. The lowest BCUT2D eigenvalue weighted by Crippen LogP contribution is -2.98. The Labute approximate surface area is 153 Å². The minimum Gasteiger partial charge on any atom is -0.335 e. The molecule has 0 saturated carbocycles. The zero-order valence-electron chi connectivity index (χ0n) is 14.1. The SMILES string of the molecule is C1=C[NH+](c2cn3cnccc3n2)C=C2NC(c3cnc4nccn4c3)=CN12. The molecule has 6 heterocycles. The molecule has 2 aliphatic rings. The fourth-order valence-corrected chi connectivity index (χ4v) is 3.28. The predicted octanol–water partition coefficient (Wildman–Crippen LogP) is 0.476. The number of hydrogen-bond donors (Lipinski definition) is 2. The monoisotopic (exact) mass is 356 g/mol.